The molecule has 0 fully saturated rings. The number of aromatic nitrogens is 3. The number of nitrogens with zero attached hydrogens (tertiary/aromatic N) is 3. The first-order chi connectivity index (χ1) is 8.86. The van der Waals surface area contributed by atoms with Gasteiger partial charge in [-0.2, -0.15) is 0 Å². The van der Waals surface area contributed by atoms with E-state index in [0.717, 1.165) is 12.1 Å². The van der Waals surface area contributed by atoms with Crippen molar-refractivity contribution < 1.29 is 14.2 Å². The number of nitrogens with two attached hydrogens (primary N) is 1. The molecular weight excluding hydrogens is 236 g/mol. The van der Waals surface area contributed by atoms with E-state index in [9.17, 15) is 0 Å². The third-order valence-electron chi connectivity index (χ3n) is 2.26. The van der Waals surface area contributed by atoms with Crippen LogP contribution in [-0.2, 0) is 27.2 Å². The minimum absolute atomic E-state index is 0.577. The summed E-state index contributed by atoms with van der Waals surface area (Å²) >= 11 is 0. The van der Waals surface area contributed by atoms with Gasteiger partial charge in [-0.25, -0.2) is 4.68 Å². The zero-order valence-electron chi connectivity index (χ0n) is 10.9. The first-order valence-corrected chi connectivity index (χ1v) is 6.10. The van der Waals surface area contributed by atoms with Crippen molar-refractivity contribution in [1.82, 2.24) is 15.0 Å². The number of rotatable bonds is 11. The van der Waals surface area contributed by atoms with Gasteiger partial charge in [0, 0.05) is 19.7 Å². The predicted octanol–water partition coefficient (Wildman–Crippen LogP) is -0.541. The van der Waals surface area contributed by atoms with Crippen molar-refractivity contribution >= 4 is 0 Å². The van der Waals surface area contributed by atoms with E-state index in [1.54, 1.807) is 11.8 Å². The molecule has 1 rings (SSSR count). The average Bonchev–Trinajstić information content (AvgIpc) is 2.81. The van der Waals surface area contributed by atoms with E-state index in [2.05, 4.69) is 10.3 Å². The van der Waals surface area contributed by atoms with Crippen LogP contribution >= 0.6 is 0 Å². The molecule has 7 nitrogen and oxygen atoms in total. The quantitative estimate of drug-likeness (QED) is 0.537. The Balaban J connectivity index is 1.96. The first-order valence-electron chi connectivity index (χ1n) is 6.10. The summed E-state index contributed by atoms with van der Waals surface area (Å²) in [5.41, 5.74) is 6.35. The van der Waals surface area contributed by atoms with Crippen molar-refractivity contribution in [3.63, 3.8) is 0 Å². The summed E-state index contributed by atoms with van der Waals surface area (Å²) in [6.45, 7) is 4.25. The van der Waals surface area contributed by atoms with Crippen molar-refractivity contribution in [2.75, 3.05) is 46.7 Å². The zero-order valence-corrected chi connectivity index (χ0v) is 10.9. The lowest BCUT2D eigenvalue weighted by Gasteiger charge is -2.05. The predicted molar refractivity (Wildman–Crippen MR) is 66.3 cm³/mol. The van der Waals surface area contributed by atoms with Gasteiger partial charge in [0.25, 0.3) is 0 Å². The zero-order chi connectivity index (χ0) is 13.1. The van der Waals surface area contributed by atoms with Crippen molar-refractivity contribution in [1.29, 1.82) is 0 Å². The smallest absolute Gasteiger partial charge is 0.0839 e. The van der Waals surface area contributed by atoms with Crippen LogP contribution in [0.1, 0.15) is 5.69 Å². The highest BCUT2D eigenvalue weighted by atomic mass is 16.5. The highest BCUT2D eigenvalue weighted by Crippen LogP contribution is 1.93. The lowest BCUT2D eigenvalue weighted by molar-refractivity contribution is 0.0224. The van der Waals surface area contributed by atoms with Gasteiger partial charge in [-0.3, -0.25) is 0 Å². The van der Waals surface area contributed by atoms with Crippen LogP contribution in [0.5, 0.6) is 0 Å². The number of hydrogen-bond acceptors (Lipinski definition) is 6. The van der Waals surface area contributed by atoms with E-state index in [1.807, 2.05) is 6.20 Å². The maximum absolute atomic E-state index is 5.43. The van der Waals surface area contributed by atoms with Crippen LogP contribution in [0, 0.1) is 0 Å². The molecule has 0 amide bonds. The summed E-state index contributed by atoms with van der Waals surface area (Å²) in [5, 5.41) is 7.97. The summed E-state index contributed by atoms with van der Waals surface area (Å²) in [4.78, 5) is 0. The number of ether oxygens (including phenoxy) is 3. The average molecular weight is 258 g/mol. The van der Waals surface area contributed by atoms with Crippen molar-refractivity contribution in [2.45, 2.75) is 13.0 Å². The molecule has 104 valence electrons. The van der Waals surface area contributed by atoms with Crippen LogP contribution in [0.2, 0.25) is 0 Å². The number of methoxy groups -OCH3 is 1. The summed E-state index contributed by atoms with van der Waals surface area (Å²) < 4.78 is 17.3. The fourth-order valence-corrected chi connectivity index (χ4v) is 1.33. The number of hydrogen-bond donors (Lipinski definition) is 1. The second kappa shape index (κ2) is 9.95. The molecule has 0 aliphatic carbocycles. The van der Waals surface area contributed by atoms with Gasteiger partial charge in [-0.1, -0.05) is 5.21 Å². The summed E-state index contributed by atoms with van der Waals surface area (Å²) in [7, 11) is 1.65. The topological polar surface area (TPSA) is 84.4 Å². The van der Waals surface area contributed by atoms with Crippen LogP contribution < -0.4 is 5.73 Å². The Kier molecular flexibility index (Phi) is 8.32. The highest BCUT2D eigenvalue weighted by Gasteiger charge is 1.99. The van der Waals surface area contributed by atoms with Gasteiger partial charge in [0.2, 0.25) is 0 Å². The van der Waals surface area contributed by atoms with Crippen molar-refractivity contribution in [3.8, 4) is 0 Å². The van der Waals surface area contributed by atoms with E-state index in [1.165, 1.54) is 0 Å². The molecule has 0 bridgehead atoms. The lowest BCUT2D eigenvalue weighted by atomic mass is 10.3. The van der Waals surface area contributed by atoms with Gasteiger partial charge < -0.3 is 19.9 Å². The second-order valence-corrected chi connectivity index (χ2v) is 3.73. The fourth-order valence-electron chi connectivity index (χ4n) is 1.33. The monoisotopic (exact) mass is 258 g/mol. The standard InChI is InChI=1S/C11H22N4O3/c1-16-6-7-18-9-8-17-5-4-15-10-11(2-3-12)13-14-15/h10H,2-9,12H2,1H3. The Bertz CT molecular complexity index is 306. The van der Waals surface area contributed by atoms with Crippen LogP contribution in [0.25, 0.3) is 0 Å². The Morgan fingerprint density at radius 3 is 2.61 bits per heavy atom. The van der Waals surface area contributed by atoms with Crippen molar-refractivity contribution in [2.24, 2.45) is 5.73 Å². The SMILES string of the molecule is COCCOCCOCCn1cc(CCN)nn1. The maximum atomic E-state index is 5.43. The summed E-state index contributed by atoms with van der Waals surface area (Å²) in [6.07, 6.45) is 2.65. The molecule has 1 heterocycles. The third-order valence-corrected chi connectivity index (χ3v) is 2.26. The van der Waals surface area contributed by atoms with E-state index in [4.69, 9.17) is 19.9 Å². The maximum Gasteiger partial charge on any atom is 0.0839 e. The largest absolute Gasteiger partial charge is 0.382 e. The van der Waals surface area contributed by atoms with Gasteiger partial charge >= 0.3 is 0 Å². The molecule has 1 aromatic heterocycles. The van der Waals surface area contributed by atoms with Crippen LogP contribution in [0.15, 0.2) is 6.20 Å². The Morgan fingerprint density at radius 2 is 1.89 bits per heavy atom. The molecule has 0 aliphatic heterocycles. The lowest BCUT2D eigenvalue weighted by Crippen LogP contribution is -2.12. The van der Waals surface area contributed by atoms with Gasteiger partial charge in [-0.15, -0.1) is 5.10 Å². The van der Waals surface area contributed by atoms with E-state index >= 15 is 0 Å². The van der Waals surface area contributed by atoms with Gasteiger partial charge in [-0.05, 0) is 6.54 Å². The highest BCUT2D eigenvalue weighted by molar-refractivity contribution is 4.92. The molecule has 0 saturated heterocycles. The molecule has 0 radical (unpaired) electrons. The van der Waals surface area contributed by atoms with Gasteiger partial charge in [0.05, 0.1) is 45.3 Å². The minimum atomic E-state index is 0.577. The van der Waals surface area contributed by atoms with Gasteiger partial charge in [0.15, 0.2) is 0 Å². The van der Waals surface area contributed by atoms with Gasteiger partial charge in [0.1, 0.15) is 0 Å². The third kappa shape index (κ3) is 6.65. The molecule has 7 heteroatoms. The van der Waals surface area contributed by atoms with Crippen LogP contribution in [0.4, 0.5) is 0 Å². The minimum Gasteiger partial charge on any atom is -0.382 e. The van der Waals surface area contributed by atoms with E-state index in [0.29, 0.717) is 46.1 Å². The van der Waals surface area contributed by atoms with E-state index < -0.39 is 0 Å². The molecule has 0 atom stereocenters. The van der Waals surface area contributed by atoms with E-state index in [-0.39, 0.29) is 0 Å². The van der Waals surface area contributed by atoms with Crippen molar-refractivity contribution in [3.05, 3.63) is 11.9 Å². The van der Waals surface area contributed by atoms with Crippen LogP contribution in [-0.4, -0.2) is 61.7 Å². The molecular formula is C11H22N4O3. The molecule has 0 aromatic carbocycles. The molecule has 2 N–H and O–H groups in total. The summed E-state index contributed by atoms with van der Waals surface area (Å²) in [6, 6.07) is 0. The molecule has 0 saturated carbocycles. The second-order valence-electron chi connectivity index (χ2n) is 3.73. The molecule has 0 spiro atoms. The normalized spacial score (nSPS) is 11.0. The summed E-state index contributed by atoms with van der Waals surface area (Å²) in [5.74, 6) is 0. The first kappa shape index (κ1) is 15.0. The Hall–Kier alpha value is -1.02. The fraction of sp³-hybridized carbons (Fsp3) is 0.818. The molecule has 18 heavy (non-hydrogen) atoms. The Labute approximate surface area is 107 Å². The molecule has 0 unspecified atom stereocenters. The molecule has 0 aliphatic rings. The Morgan fingerprint density at radius 1 is 1.17 bits per heavy atom. The molecule has 1 aromatic rings. The van der Waals surface area contributed by atoms with Crippen LogP contribution in [0.3, 0.4) is 0 Å².